The molecule has 0 bridgehead atoms. The number of aromatic amines is 1. The molecule has 2 aliphatic carbocycles. The van der Waals surface area contributed by atoms with Gasteiger partial charge in [0.2, 0.25) is 10.0 Å². The molecule has 6 nitrogen and oxygen atoms in total. The van der Waals surface area contributed by atoms with E-state index in [1.807, 2.05) is 0 Å². The van der Waals surface area contributed by atoms with Crippen LogP contribution in [0.4, 0.5) is 0 Å². The molecule has 19 heavy (non-hydrogen) atoms. The van der Waals surface area contributed by atoms with E-state index < -0.39 is 10.0 Å². The van der Waals surface area contributed by atoms with Crippen LogP contribution < -0.4 is 5.73 Å². The molecule has 2 saturated carbocycles. The summed E-state index contributed by atoms with van der Waals surface area (Å²) in [6, 6.07) is 0.186. The number of hydrogen-bond donors (Lipinski definition) is 2. The van der Waals surface area contributed by atoms with Crippen LogP contribution in [-0.4, -0.2) is 35.5 Å². The maximum absolute atomic E-state index is 12.8. The maximum Gasteiger partial charge on any atom is 0.247 e. The van der Waals surface area contributed by atoms with Crippen molar-refractivity contribution in [2.45, 2.75) is 50.1 Å². The van der Waals surface area contributed by atoms with E-state index in [0.29, 0.717) is 28.7 Å². The van der Waals surface area contributed by atoms with Gasteiger partial charge in [-0.15, -0.1) is 0 Å². The highest BCUT2D eigenvalue weighted by Gasteiger charge is 2.42. The van der Waals surface area contributed by atoms with Gasteiger partial charge in [-0.3, -0.25) is 5.10 Å². The maximum atomic E-state index is 12.8. The first-order valence-electron chi connectivity index (χ1n) is 6.79. The van der Waals surface area contributed by atoms with Gasteiger partial charge >= 0.3 is 0 Å². The van der Waals surface area contributed by atoms with E-state index in [1.165, 1.54) is 0 Å². The molecule has 0 spiro atoms. The standard InChI is InChI=1S/C12H20N4O2S/c1-8-12(11(6-13)15-14-8)19(17,18)16(10-4-5-10)7-9-2-3-9/h9-10H,2-7,13H2,1H3,(H,14,15). The average molecular weight is 284 g/mol. The quantitative estimate of drug-likeness (QED) is 0.806. The molecule has 0 atom stereocenters. The molecule has 3 N–H and O–H groups in total. The van der Waals surface area contributed by atoms with E-state index in [9.17, 15) is 8.42 Å². The topological polar surface area (TPSA) is 92.1 Å². The average Bonchev–Trinajstić information content (AvgIpc) is 3.24. The molecule has 2 aliphatic rings. The Hall–Kier alpha value is -0.920. The third-order valence-corrected chi connectivity index (χ3v) is 5.93. The monoisotopic (exact) mass is 284 g/mol. The highest BCUT2D eigenvalue weighted by Crippen LogP contribution is 2.38. The Labute approximate surface area is 113 Å². The number of nitrogens with zero attached hydrogens (tertiary/aromatic N) is 2. The van der Waals surface area contributed by atoms with Crippen LogP contribution in [0.1, 0.15) is 37.1 Å². The van der Waals surface area contributed by atoms with Crippen molar-refractivity contribution in [3.05, 3.63) is 11.4 Å². The third kappa shape index (κ3) is 2.42. The molecule has 0 aliphatic heterocycles. The van der Waals surface area contributed by atoms with E-state index in [4.69, 9.17) is 5.73 Å². The lowest BCUT2D eigenvalue weighted by Crippen LogP contribution is -2.35. The lowest BCUT2D eigenvalue weighted by atomic mass is 10.4. The summed E-state index contributed by atoms with van der Waals surface area (Å²) in [6.45, 7) is 2.53. The number of H-pyrrole nitrogens is 1. The minimum atomic E-state index is -3.46. The van der Waals surface area contributed by atoms with Crippen LogP contribution in [0.3, 0.4) is 0 Å². The molecular formula is C12H20N4O2S. The molecule has 7 heteroatoms. The fourth-order valence-electron chi connectivity index (χ4n) is 2.43. The van der Waals surface area contributed by atoms with Gasteiger partial charge in [-0.05, 0) is 38.5 Å². The Balaban J connectivity index is 1.96. The molecule has 0 aromatic carbocycles. The zero-order chi connectivity index (χ0) is 13.6. The predicted molar refractivity (Wildman–Crippen MR) is 70.9 cm³/mol. The molecule has 1 heterocycles. The Morgan fingerprint density at radius 3 is 2.58 bits per heavy atom. The van der Waals surface area contributed by atoms with Crippen LogP contribution in [0.5, 0.6) is 0 Å². The first-order valence-corrected chi connectivity index (χ1v) is 8.23. The van der Waals surface area contributed by atoms with Crippen molar-refractivity contribution in [2.24, 2.45) is 11.7 Å². The number of nitrogens with two attached hydrogens (primary N) is 1. The van der Waals surface area contributed by atoms with Crippen molar-refractivity contribution >= 4 is 10.0 Å². The first-order chi connectivity index (χ1) is 9.04. The lowest BCUT2D eigenvalue weighted by molar-refractivity contribution is 0.388. The second-order valence-electron chi connectivity index (χ2n) is 5.58. The van der Waals surface area contributed by atoms with Gasteiger partial charge in [-0.1, -0.05) is 0 Å². The molecule has 106 valence electrons. The van der Waals surface area contributed by atoms with E-state index in [1.54, 1.807) is 11.2 Å². The van der Waals surface area contributed by atoms with Crippen LogP contribution >= 0.6 is 0 Å². The Morgan fingerprint density at radius 2 is 2.05 bits per heavy atom. The van der Waals surface area contributed by atoms with Crippen molar-refractivity contribution < 1.29 is 8.42 Å². The van der Waals surface area contributed by atoms with Crippen LogP contribution in [0.2, 0.25) is 0 Å². The normalized spacial score (nSPS) is 20.2. The fourth-order valence-corrected chi connectivity index (χ4v) is 4.53. The molecular weight excluding hydrogens is 264 g/mol. The van der Waals surface area contributed by atoms with E-state index in [2.05, 4.69) is 10.2 Å². The molecule has 1 aromatic rings. The van der Waals surface area contributed by atoms with Crippen LogP contribution in [0.15, 0.2) is 4.90 Å². The van der Waals surface area contributed by atoms with Crippen molar-refractivity contribution in [1.29, 1.82) is 0 Å². The largest absolute Gasteiger partial charge is 0.325 e. The predicted octanol–water partition coefficient (Wildman–Crippen LogP) is 0.740. The van der Waals surface area contributed by atoms with Gasteiger partial charge in [-0.25, -0.2) is 8.42 Å². The van der Waals surface area contributed by atoms with Gasteiger partial charge in [0.1, 0.15) is 4.90 Å². The second kappa shape index (κ2) is 4.57. The molecule has 0 saturated heterocycles. The van der Waals surface area contributed by atoms with E-state index in [0.717, 1.165) is 25.7 Å². The number of rotatable bonds is 6. The summed E-state index contributed by atoms with van der Waals surface area (Å²) in [4.78, 5) is 0.294. The summed E-state index contributed by atoms with van der Waals surface area (Å²) in [7, 11) is -3.46. The van der Waals surface area contributed by atoms with Gasteiger partial charge in [0, 0.05) is 19.1 Å². The first kappa shape index (κ1) is 13.1. The summed E-state index contributed by atoms with van der Waals surface area (Å²) in [5.74, 6) is 0.545. The highest BCUT2D eigenvalue weighted by atomic mass is 32.2. The Morgan fingerprint density at radius 1 is 1.37 bits per heavy atom. The number of hydrogen-bond acceptors (Lipinski definition) is 4. The van der Waals surface area contributed by atoms with Crippen LogP contribution in [-0.2, 0) is 16.6 Å². The Bertz CT molecular complexity index is 573. The molecule has 2 fully saturated rings. The fraction of sp³-hybridized carbons (Fsp3) is 0.750. The van der Waals surface area contributed by atoms with Crippen LogP contribution in [0, 0.1) is 12.8 Å². The van der Waals surface area contributed by atoms with E-state index in [-0.39, 0.29) is 12.6 Å². The summed E-state index contributed by atoms with van der Waals surface area (Å²) in [6.07, 6.45) is 4.24. The summed E-state index contributed by atoms with van der Waals surface area (Å²) in [5, 5.41) is 6.74. The SMILES string of the molecule is Cc1[nH]nc(CN)c1S(=O)(=O)N(CC1CC1)C1CC1. The smallest absolute Gasteiger partial charge is 0.247 e. The van der Waals surface area contributed by atoms with Gasteiger partial charge < -0.3 is 5.73 Å². The van der Waals surface area contributed by atoms with Gasteiger partial charge in [-0.2, -0.15) is 9.40 Å². The van der Waals surface area contributed by atoms with E-state index >= 15 is 0 Å². The summed E-state index contributed by atoms with van der Waals surface area (Å²) in [5.41, 5.74) is 6.63. The zero-order valence-electron chi connectivity index (χ0n) is 11.1. The Kier molecular flexibility index (Phi) is 3.15. The molecule has 0 radical (unpaired) electrons. The molecule has 0 amide bonds. The van der Waals surface area contributed by atoms with Gasteiger partial charge in [0.05, 0.1) is 11.4 Å². The van der Waals surface area contributed by atoms with Gasteiger partial charge in [0.25, 0.3) is 0 Å². The number of nitrogens with one attached hydrogen (secondary N) is 1. The highest BCUT2D eigenvalue weighted by molar-refractivity contribution is 7.89. The van der Waals surface area contributed by atoms with Crippen molar-refractivity contribution in [2.75, 3.05) is 6.54 Å². The van der Waals surface area contributed by atoms with Gasteiger partial charge in [0.15, 0.2) is 0 Å². The van der Waals surface area contributed by atoms with Crippen LogP contribution in [0.25, 0.3) is 0 Å². The zero-order valence-corrected chi connectivity index (χ0v) is 11.9. The molecule has 0 unspecified atom stereocenters. The second-order valence-corrected chi connectivity index (χ2v) is 7.41. The van der Waals surface area contributed by atoms with Crippen molar-refractivity contribution in [3.8, 4) is 0 Å². The van der Waals surface area contributed by atoms with Crippen molar-refractivity contribution in [3.63, 3.8) is 0 Å². The minimum absolute atomic E-state index is 0.140. The number of aryl methyl sites for hydroxylation is 1. The minimum Gasteiger partial charge on any atom is -0.325 e. The molecule has 3 rings (SSSR count). The molecule has 1 aromatic heterocycles. The number of aromatic nitrogens is 2. The lowest BCUT2D eigenvalue weighted by Gasteiger charge is -2.22. The third-order valence-electron chi connectivity index (χ3n) is 3.81. The summed E-state index contributed by atoms with van der Waals surface area (Å²) >= 11 is 0. The number of sulfonamides is 1. The summed E-state index contributed by atoms with van der Waals surface area (Å²) < 4.78 is 27.4. The van der Waals surface area contributed by atoms with Crippen molar-refractivity contribution in [1.82, 2.24) is 14.5 Å².